The zero-order chi connectivity index (χ0) is 12.0. The van der Waals surface area contributed by atoms with E-state index in [1.165, 1.54) is 0 Å². The van der Waals surface area contributed by atoms with Crippen LogP contribution in [0, 0.1) is 0 Å². The van der Waals surface area contributed by atoms with Crippen LogP contribution in [0.15, 0.2) is 36.9 Å². The van der Waals surface area contributed by atoms with Crippen LogP contribution in [0.1, 0.15) is 18.5 Å². The molecule has 0 aliphatic heterocycles. The molecule has 0 aliphatic rings. The molecule has 0 aromatic heterocycles. The lowest BCUT2D eigenvalue weighted by Crippen LogP contribution is -2.37. The number of urea groups is 1. The lowest BCUT2D eigenvalue weighted by Gasteiger charge is -2.15. The molecule has 0 bridgehead atoms. The number of carbonyl (C=O) groups excluding carboxylic acids is 1. The van der Waals surface area contributed by atoms with E-state index < -0.39 is 0 Å². The second-order valence-electron chi connectivity index (χ2n) is 3.39. The summed E-state index contributed by atoms with van der Waals surface area (Å²) in [7, 11) is 0. The van der Waals surface area contributed by atoms with Crippen LogP contribution in [0.4, 0.5) is 4.79 Å². The van der Waals surface area contributed by atoms with Gasteiger partial charge in [0.1, 0.15) is 0 Å². The van der Waals surface area contributed by atoms with Crippen molar-refractivity contribution in [3.05, 3.63) is 47.5 Å². The first-order chi connectivity index (χ1) is 7.65. The summed E-state index contributed by atoms with van der Waals surface area (Å²) in [5, 5.41) is 6.08. The molecule has 4 heteroatoms. The van der Waals surface area contributed by atoms with E-state index in [9.17, 15) is 4.79 Å². The topological polar surface area (TPSA) is 41.1 Å². The van der Waals surface area contributed by atoms with Gasteiger partial charge in [0.25, 0.3) is 0 Å². The Hall–Kier alpha value is -1.48. The molecule has 1 unspecified atom stereocenters. The summed E-state index contributed by atoms with van der Waals surface area (Å²) >= 11 is 6.02. The van der Waals surface area contributed by atoms with Gasteiger partial charge in [-0.2, -0.15) is 0 Å². The molecule has 1 aromatic carbocycles. The molecular formula is C12H15ClN2O. The Morgan fingerprint density at radius 3 is 2.88 bits per heavy atom. The van der Waals surface area contributed by atoms with Gasteiger partial charge in [-0.15, -0.1) is 6.58 Å². The molecule has 2 N–H and O–H groups in total. The van der Waals surface area contributed by atoms with E-state index in [4.69, 9.17) is 11.6 Å². The van der Waals surface area contributed by atoms with Crippen LogP contribution in [0.5, 0.6) is 0 Å². The van der Waals surface area contributed by atoms with Crippen molar-refractivity contribution in [2.45, 2.75) is 13.0 Å². The molecule has 0 aliphatic carbocycles. The zero-order valence-electron chi connectivity index (χ0n) is 9.16. The Morgan fingerprint density at radius 1 is 1.56 bits per heavy atom. The number of rotatable bonds is 4. The van der Waals surface area contributed by atoms with Gasteiger partial charge in [0.05, 0.1) is 6.04 Å². The summed E-state index contributed by atoms with van der Waals surface area (Å²) in [5.41, 5.74) is 0.901. The number of nitrogens with one attached hydrogen (secondary N) is 2. The molecule has 0 saturated carbocycles. The maximum absolute atomic E-state index is 11.4. The smallest absolute Gasteiger partial charge is 0.315 e. The maximum Gasteiger partial charge on any atom is 0.315 e. The third-order valence-corrected chi connectivity index (χ3v) is 2.47. The Labute approximate surface area is 100 Å². The Bertz CT molecular complexity index is 379. The van der Waals surface area contributed by atoms with Crippen LogP contribution < -0.4 is 10.6 Å². The number of amides is 2. The standard InChI is InChI=1S/C12H15ClN2O/c1-3-8-14-12(16)15-9(2)10-6-4-5-7-11(10)13/h3-7,9H,1,8H2,2H3,(H2,14,15,16). The molecular weight excluding hydrogens is 224 g/mol. The molecule has 0 saturated heterocycles. The van der Waals surface area contributed by atoms with Crippen molar-refractivity contribution >= 4 is 17.6 Å². The average Bonchev–Trinajstić information content (AvgIpc) is 2.26. The highest BCUT2D eigenvalue weighted by atomic mass is 35.5. The second-order valence-corrected chi connectivity index (χ2v) is 3.79. The minimum atomic E-state index is -0.229. The van der Waals surface area contributed by atoms with E-state index in [-0.39, 0.29) is 12.1 Å². The summed E-state index contributed by atoms with van der Waals surface area (Å²) in [5.74, 6) is 0. The Kier molecular flexibility index (Phi) is 4.86. The largest absolute Gasteiger partial charge is 0.335 e. The van der Waals surface area contributed by atoms with Crippen molar-refractivity contribution in [1.29, 1.82) is 0 Å². The Morgan fingerprint density at radius 2 is 2.25 bits per heavy atom. The molecule has 1 rings (SSSR count). The molecule has 0 heterocycles. The minimum Gasteiger partial charge on any atom is -0.335 e. The number of benzene rings is 1. The van der Waals surface area contributed by atoms with Crippen molar-refractivity contribution in [3.8, 4) is 0 Å². The van der Waals surface area contributed by atoms with Crippen molar-refractivity contribution in [2.24, 2.45) is 0 Å². The fourth-order valence-corrected chi connectivity index (χ4v) is 1.62. The van der Waals surface area contributed by atoms with Crippen molar-refractivity contribution < 1.29 is 4.79 Å². The van der Waals surface area contributed by atoms with Gasteiger partial charge in [-0.25, -0.2) is 4.79 Å². The molecule has 0 radical (unpaired) electrons. The van der Waals surface area contributed by atoms with Gasteiger partial charge < -0.3 is 10.6 Å². The molecule has 0 spiro atoms. The van der Waals surface area contributed by atoms with E-state index in [0.717, 1.165) is 5.56 Å². The molecule has 3 nitrogen and oxygen atoms in total. The summed E-state index contributed by atoms with van der Waals surface area (Å²) in [4.78, 5) is 11.4. The minimum absolute atomic E-state index is 0.126. The lowest BCUT2D eigenvalue weighted by molar-refractivity contribution is 0.239. The van der Waals surface area contributed by atoms with Gasteiger partial charge in [-0.3, -0.25) is 0 Å². The van der Waals surface area contributed by atoms with Gasteiger partial charge in [0.15, 0.2) is 0 Å². The quantitative estimate of drug-likeness (QED) is 0.779. The van der Waals surface area contributed by atoms with Crippen LogP contribution in [-0.2, 0) is 0 Å². The molecule has 86 valence electrons. The molecule has 1 atom stereocenters. The number of carbonyl (C=O) groups is 1. The highest BCUT2D eigenvalue weighted by Gasteiger charge is 2.10. The number of hydrogen-bond acceptors (Lipinski definition) is 1. The van der Waals surface area contributed by atoms with Crippen LogP contribution in [0.25, 0.3) is 0 Å². The maximum atomic E-state index is 11.4. The molecule has 2 amide bonds. The summed E-state index contributed by atoms with van der Waals surface area (Å²) in [6, 6.07) is 7.08. The van der Waals surface area contributed by atoms with E-state index in [1.807, 2.05) is 25.1 Å². The Balaban J connectivity index is 2.58. The van der Waals surface area contributed by atoms with E-state index in [1.54, 1.807) is 12.1 Å². The third kappa shape index (κ3) is 3.59. The third-order valence-electron chi connectivity index (χ3n) is 2.13. The fraction of sp³-hybridized carbons (Fsp3) is 0.250. The fourth-order valence-electron chi connectivity index (χ4n) is 1.32. The first-order valence-corrected chi connectivity index (χ1v) is 5.42. The van der Waals surface area contributed by atoms with Gasteiger partial charge in [-0.1, -0.05) is 35.9 Å². The summed E-state index contributed by atoms with van der Waals surface area (Å²) in [6.45, 7) is 5.85. The predicted octanol–water partition coefficient (Wildman–Crippen LogP) is 2.89. The van der Waals surface area contributed by atoms with Gasteiger partial charge in [0.2, 0.25) is 0 Å². The van der Waals surface area contributed by atoms with E-state index in [2.05, 4.69) is 17.2 Å². The number of hydrogen-bond donors (Lipinski definition) is 2. The summed E-state index contributed by atoms with van der Waals surface area (Å²) < 4.78 is 0. The lowest BCUT2D eigenvalue weighted by atomic mass is 10.1. The molecule has 1 aromatic rings. The van der Waals surface area contributed by atoms with Gasteiger partial charge in [0, 0.05) is 11.6 Å². The normalized spacial score (nSPS) is 11.6. The number of halogens is 1. The average molecular weight is 239 g/mol. The zero-order valence-corrected chi connectivity index (χ0v) is 9.92. The second kappa shape index (κ2) is 6.18. The molecule has 0 fully saturated rings. The summed E-state index contributed by atoms with van der Waals surface area (Å²) in [6.07, 6.45) is 1.62. The van der Waals surface area contributed by atoms with Crippen molar-refractivity contribution in [2.75, 3.05) is 6.54 Å². The monoisotopic (exact) mass is 238 g/mol. The predicted molar refractivity (Wildman–Crippen MR) is 66.6 cm³/mol. The van der Waals surface area contributed by atoms with Crippen molar-refractivity contribution in [1.82, 2.24) is 10.6 Å². The van der Waals surface area contributed by atoms with E-state index >= 15 is 0 Å². The van der Waals surface area contributed by atoms with Gasteiger partial charge >= 0.3 is 6.03 Å². The first-order valence-electron chi connectivity index (χ1n) is 5.05. The van der Waals surface area contributed by atoms with Crippen LogP contribution in [-0.4, -0.2) is 12.6 Å². The highest BCUT2D eigenvalue weighted by Crippen LogP contribution is 2.21. The van der Waals surface area contributed by atoms with Crippen molar-refractivity contribution in [3.63, 3.8) is 0 Å². The van der Waals surface area contributed by atoms with Crippen LogP contribution >= 0.6 is 11.6 Å². The van der Waals surface area contributed by atoms with Crippen LogP contribution in [0.2, 0.25) is 5.02 Å². The van der Waals surface area contributed by atoms with Gasteiger partial charge in [-0.05, 0) is 18.6 Å². The highest BCUT2D eigenvalue weighted by molar-refractivity contribution is 6.31. The van der Waals surface area contributed by atoms with Crippen LogP contribution in [0.3, 0.4) is 0 Å². The SMILES string of the molecule is C=CCNC(=O)NC(C)c1ccccc1Cl. The van der Waals surface area contributed by atoms with E-state index in [0.29, 0.717) is 11.6 Å². The molecule has 16 heavy (non-hydrogen) atoms. The first kappa shape index (κ1) is 12.6.